The Morgan fingerprint density at radius 1 is 1.25 bits per heavy atom. The quantitative estimate of drug-likeness (QED) is 0.660. The van der Waals surface area contributed by atoms with Gasteiger partial charge in [-0.1, -0.05) is 34.1 Å². The van der Waals surface area contributed by atoms with Crippen LogP contribution in [0, 0.1) is 12.7 Å². The monoisotopic (exact) mass is 334 g/mol. The third-order valence-corrected chi connectivity index (χ3v) is 3.61. The van der Waals surface area contributed by atoms with E-state index in [0.717, 1.165) is 11.3 Å². The number of ether oxygens (including phenoxy) is 1. The van der Waals surface area contributed by atoms with Crippen LogP contribution < -0.4 is 4.74 Å². The van der Waals surface area contributed by atoms with Crippen LogP contribution in [0.4, 0.5) is 4.39 Å². The Balaban J connectivity index is 2.08. The van der Waals surface area contributed by atoms with E-state index in [9.17, 15) is 4.39 Å². The maximum atomic E-state index is 14.0. The largest absolute Gasteiger partial charge is 0.434 e. The minimum atomic E-state index is -0.356. The second-order valence-corrected chi connectivity index (χ2v) is 4.98. The average molecular weight is 335 g/mol. The second kappa shape index (κ2) is 5.25. The SMILES string of the molecule is Cc1cccc(Oc2nc3ccccn3c2CBr)c1F. The highest BCUT2D eigenvalue weighted by Crippen LogP contribution is 2.29. The first kappa shape index (κ1) is 13.1. The lowest BCUT2D eigenvalue weighted by Gasteiger charge is -2.07. The third-order valence-electron chi connectivity index (χ3n) is 3.08. The van der Waals surface area contributed by atoms with E-state index in [1.807, 2.05) is 28.8 Å². The molecule has 3 aromatic rings. The van der Waals surface area contributed by atoms with Crippen LogP contribution in [0.1, 0.15) is 11.3 Å². The Hall–Kier alpha value is -1.88. The molecule has 20 heavy (non-hydrogen) atoms. The highest BCUT2D eigenvalue weighted by Gasteiger charge is 2.15. The molecule has 0 spiro atoms. The number of hydrogen-bond acceptors (Lipinski definition) is 2. The molecule has 3 rings (SSSR count). The number of alkyl halides is 1. The standard InChI is InChI=1S/C15H12BrFN2O/c1-10-5-4-6-12(14(10)17)20-15-11(9-16)19-8-3-2-7-13(19)18-15/h2-8H,9H2,1H3. The molecule has 0 aliphatic heterocycles. The molecule has 0 radical (unpaired) electrons. The van der Waals surface area contributed by atoms with Gasteiger partial charge in [0.2, 0.25) is 5.88 Å². The Morgan fingerprint density at radius 2 is 2.10 bits per heavy atom. The van der Waals surface area contributed by atoms with Gasteiger partial charge in [-0.05, 0) is 30.7 Å². The van der Waals surface area contributed by atoms with Crippen molar-refractivity contribution < 1.29 is 9.13 Å². The van der Waals surface area contributed by atoms with Gasteiger partial charge in [0.25, 0.3) is 0 Å². The van der Waals surface area contributed by atoms with Crippen LogP contribution in [0.25, 0.3) is 5.65 Å². The molecule has 2 aromatic heterocycles. The number of halogens is 2. The highest BCUT2D eigenvalue weighted by atomic mass is 79.9. The fourth-order valence-corrected chi connectivity index (χ4v) is 2.54. The number of nitrogens with zero attached hydrogens (tertiary/aromatic N) is 2. The average Bonchev–Trinajstić information content (AvgIpc) is 2.81. The van der Waals surface area contributed by atoms with E-state index in [1.54, 1.807) is 25.1 Å². The third kappa shape index (κ3) is 2.18. The maximum Gasteiger partial charge on any atom is 0.242 e. The van der Waals surface area contributed by atoms with Crippen LogP contribution in [0.3, 0.4) is 0 Å². The fourth-order valence-electron chi connectivity index (χ4n) is 2.03. The first-order chi connectivity index (χ1) is 9.70. The number of fused-ring (bicyclic) bond motifs is 1. The Kier molecular flexibility index (Phi) is 3.44. The molecule has 0 aliphatic carbocycles. The molecular weight excluding hydrogens is 323 g/mol. The Labute approximate surface area is 124 Å². The molecule has 3 nitrogen and oxygen atoms in total. The van der Waals surface area contributed by atoms with Gasteiger partial charge in [0.1, 0.15) is 5.65 Å². The molecule has 0 N–H and O–H groups in total. The van der Waals surface area contributed by atoms with E-state index in [2.05, 4.69) is 20.9 Å². The van der Waals surface area contributed by atoms with Crippen molar-refractivity contribution in [2.45, 2.75) is 12.3 Å². The van der Waals surface area contributed by atoms with Gasteiger partial charge in [0, 0.05) is 11.5 Å². The van der Waals surface area contributed by atoms with Crippen molar-refractivity contribution in [3.63, 3.8) is 0 Å². The van der Waals surface area contributed by atoms with Crippen molar-refractivity contribution in [1.82, 2.24) is 9.38 Å². The van der Waals surface area contributed by atoms with Crippen LogP contribution in [-0.2, 0) is 5.33 Å². The molecule has 0 atom stereocenters. The topological polar surface area (TPSA) is 26.5 Å². The van der Waals surface area contributed by atoms with E-state index in [-0.39, 0.29) is 11.6 Å². The molecule has 0 saturated carbocycles. The summed E-state index contributed by atoms with van der Waals surface area (Å²) in [6.45, 7) is 1.71. The van der Waals surface area contributed by atoms with Crippen LogP contribution in [-0.4, -0.2) is 9.38 Å². The van der Waals surface area contributed by atoms with Gasteiger partial charge in [0.05, 0.1) is 5.69 Å². The van der Waals surface area contributed by atoms with Crippen molar-refractivity contribution >= 4 is 21.6 Å². The summed E-state index contributed by atoms with van der Waals surface area (Å²) in [4.78, 5) is 4.39. The molecule has 0 bridgehead atoms. The van der Waals surface area contributed by atoms with E-state index in [1.165, 1.54) is 0 Å². The second-order valence-electron chi connectivity index (χ2n) is 4.42. The van der Waals surface area contributed by atoms with Crippen LogP contribution >= 0.6 is 15.9 Å². The Bertz CT molecular complexity index is 770. The van der Waals surface area contributed by atoms with E-state index in [4.69, 9.17) is 4.74 Å². The van der Waals surface area contributed by atoms with E-state index >= 15 is 0 Å². The molecular formula is C15H12BrFN2O. The van der Waals surface area contributed by atoms with Crippen molar-refractivity contribution in [3.05, 3.63) is 59.7 Å². The summed E-state index contributed by atoms with van der Waals surface area (Å²) in [5.41, 5.74) is 2.16. The molecule has 5 heteroatoms. The summed E-state index contributed by atoms with van der Waals surface area (Å²) in [6, 6.07) is 10.8. The normalized spacial score (nSPS) is 10.9. The predicted octanol–water partition coefficient (Wildman–Crippen LogP) is 4.47. The smallest absolute Gasteiger partial charge is 0.242 e. The molecule has 1 aromatic carbocycles. The summed E-state index contributed by atoms with van der Waals surface area (Å²) < 4.78 is 21.6. The first-order valence-corrected chi connectivity index (χ1v) is 7.27. The zero-order valence-corrected chi connectivity index (χ0v) is 12.4. The van der Waals surface area contributed by atoms with Crippen LogP contribution in [0.5, 0.6) is 11.6 Å². The lowest BCUT2D eigenvalue weighted by Crippen LogP contribution is -1.94. The maximum absolute atomic E-state index is 14.0. The summed E-state index contributed by atoms with van der Waals surface area (Å²) in [5.74, 6) is 0.248. The van der Waals surface area contributed by atoms with Crippen molar-refractivity contribution in [2.75, 3.05) is 0 Å². The van der Waals surface area contributed by atoms with Crippen molar-refractivity contribution in [1.29, 1.82) is 0 Å². The van der Waals surface area contributed by atoms with Gasteiger partial charge < -0.3 is 4.74 Å². The van der Waals surface area contributed by atoms with Crippen molar-refractivity contribution in [3.8, 4) is 11.6 Å². The fraction of sp³-hybridized carbons (Fsp3) is 0.133. The first-order valence-electron chi connectivity index (χ1n) is 6.15. The minimum absolute atomic E-state index is 0.190. The summed E-state index contributed by atoms with van der Waals surface area (Å²) in [7, 11) is 0. The molecule has 2 heterocycles. The number of aromatic nitrogens is 2. The summed E-state index contributed by atoms with van der Waals surface area (Å²) in [5, 5.41) is 0.570. The number of benzene rings is 1. The van der Waals surface area contributed by atoms with Gasteiger partial charge in [-0.3, -0.25) is 4.40 Å². The zero-order valence-electron chi connectivity index (χ0n) is 10.8. The van der Waals surface area contributed by atoms with Gasteiger partial charge in [-0.25, -0.2) is 4.39 Å². The molecule has 0 saturated heterocycles. The predicted molar refractivity (Wildman–Crippen MR) is 79.0 cm³/mol. The lowest BCUT2D eigenvalue weighted by atomic mass is 10.2. The van der Waals surface area contributed by atoms with Crippen LogP contribution in [0.2, 0.25) is 0 Å². The Morgan fingerprint density at radius 3 is 2.90 bits per heavy atom. The zero-order chi connectivity index (χ0) is 14.1. The number of hydrogen-bond donors (Lipinski definition) is 0. The van der Waals surface area contributed by atoms with Gasteiger partial charge in [0.15, 0.2) is 11.6 Å². The summed E-state index contributed by atoms with van der Waals surface area (Å²) in [6.07, 6.45) is 1.90. The minimum Gasteiger partial charge on any atom is -0.434 e. The van der Waals surface area contributed by atoms with Gasteiger partial charge in [-0.15, -0.1) is 0 Å². The molecule has 0 fully saturated rings. The molecule has 0 aliphatic rings. The molecule has 102 valence electrons. The van der Waals surface area contributed by atoms with Crippen molar-refractivity contribution in [2.24, 2.45) is 0 Å². The van der Waals surface area contributed by atoms with Gasteiger partial charge >= 0.3 is 0 Å². The molecule has 0 unspecified atom stereocenters. The summed E-state index contributed by atoms with van der Waals surface area (Å²) >= 11 is 3.42. The van der Waals surface area contributed by atoms with Gasteiger partial charge in [-0.2, -0.15) is 4.98 Å². The van der Waals surface area contributed by atoms with Crippen LogP contribution in [0.15, 0.2) is 42.6 Å². The number of rotatable bonds is 3. The number of pyridine rings is 1. The molecule has 0 amide bonds. The lowest BCUT2D eigenvalue weighted by molar-refractivity contribution is 0.425. The number of aryl methyl sites for hydroxylation is 1. The van der Waals surface area contributed by atoms with E-state index < -0.39 is 0 Å². The number of imidazole rings is 1. The van der Waals surface area contributed by atoms with E-state index in [0.29, 0.717) is 16.8 Å². The highest BCUT2D eigenvalue weighted by molar-refractivity contribution is 9.08.